The van der Waals surface area contributed by atoms with E-state index >= 15 is 0 Å². The number of amides is 2. The number of benzene rings is 2. The van der Waals surface area contributed by atoms with Gasteiger partial charge in [-0.1, -0.05) is 18.6 Å². The van der Waals surface area contributed by atoms with Gasteiger partial charge < -0.3 is 15.6 Å². The molecule has 1 aliphatic rings. The van der Waals surface area contributed by atoms with Crippen LogP contribution < -0.4 is 10.6 Å². The number of anilines is 1. The average Bonchev–Trinajstić information content (AvgIpc) is 3.40. The summed E-state index contributed by atoms with van der Waals surface area (Å²) in [5, 5.41) is 5.69. The number of likely N-dealkylation sites (tertiary alicyclic amines) is 1. The molecule has 1 aliphatic heterocycles. The number of halogens is 1. The molecule has 0 saturated carbocycles. The number of hydrogen-bond acceptors (Lipinski definition) is 5. The minimum absolute atomic E-state index is 0.00356. The van der Waals surface area contributed by atoms with Crippen LogP contribution in [0.1, 0.15) is 70.0 Å². The van der Waals surface area contributed by atoms with Crippen LogP contribution in [-0.2, 0) is 6.42 Å². The number of carbonyl (C=O) groups excluding carboxylic acids is 3. The number of ketones is 1. The lowest BCUT2D eigenvalue weighted by molar-refractivity contribution is 0.0792. The molecule has 0 bridgehead atoms. The Morgan fingerprint density at radius 2 is 1.65 bits per heavy atom. The molecule has 1 saturated heterocycles. The molecule has 3 N–H and O–H groups in total. The van der Waals surface area contributed by atoms with Crippen LogP contribution in [0.2, 0.25) is 0 Å². The Labute approximate surface area is 215 Å². The van der Waals surface area contributed by atoms with Crippen LogP contribution in [0, 0.1) is 5.82 Å². The zero-order valence-electron chi connectivity index (χ0n) is 21.1. The highest BCUT2D eigenvalue weighted by Crippen LogP contribution is 2.20. The third kappa shape index (κ3) is 6.68. The first-order valence-corrected chi connectivity index (χ1v) is 12.5. The van der Waals surface area contributed by atoms with Gasteiger partial charge in [0.1, 0.15) is 11.5 Å². The third-order valence-electron chi connectivity index (χ3n) is 6.72. The Hall–Kier alpha value is -3.85. The number of rotatable bonds is 9. The van der Waals surface area contributed by atoms with Crippen molar-refractivity contribution in [1.82, 2.24) is 20.2 Å². The van der Waals surface area contributed by atoms with Crippen LogP contribution in [0.4, 0.5) is 10.1 Å². The molecule has 3 aromatic rings. The van der Waals surface area contributed by atoms with Gasteiger partial charge in [-0.25, -0.2) is 9.37 Å². The summed E-state index contributed by atoms with van der Waals surface area (Å²) in [5.74, 6) is -1.43. The minimum Gasteiger partial charge on any atom is -0.349 e. The first kappa shape index (κ1) is 26.2. The van der Waals surface area contributed by atoms with Gasteiger partial charge in [0.2, 0.25) is 0 Å². The van der Waals surface area contributed by atoms with Gasteiger partial charge in [0, 0.05) is 29.8 Å². The van der Waals surface area contributed by atoms with E-state index in [1.165, 1.54) is 37.0 Å². The maximum Gasteiger partial charge on any atom is 0.276 e. The van der Waals surface area contributed by atoms with E-state index in [4.69, 9.17) is 0 Å². The molecule has 0 radical (unpaired) electrons. The number of piperidine rings is 1. The molecule has 2 amide bonds. The van der Waals surface area contributed by atoms with Crippen LogP contribution in [0.3, 0.4) is 0 Å². The van der Waals surface area contributed by atoms with Crippen LogP contribution in [-0.4, -0.2) is 57.6 Å². The Bertz CT molecular complexity index is 1250. The summed E-state index contributed by atoms with van der Waals surface area (Å²) in [6.07, 6.45) is 5.03. The molecule has 8 nitrogen and oxygen atoms in total. The Morgan fingerprint density at radius 3 is 2.32 bits per heavy atom. The Kier molecular flexibility index (Phi) is 8.13. The molecule has 4 rings (SSSR count). The Balaban J connectivity index is 1.33. The summed E-state index contributed by atoms with van der Waals surface area (Å²) >= 11 is 0. The van der Waals surface area contributed by atoms with E-state index in [1.54, 1.807) is 24.3 Å². The van der Waals surface area contributed by atoms with Crippen LogP contribution in [0.25, 0.3) is 0 Å². The highest BCUT2D eigenvalue weighted by atomic mass is 19.1. The molecule has 0 unspecified atom stereocenters. The summed E-state index contributed by atoms with van der Waals surface area (Å²) in [7, 11) is 0. The summed E-state index contributed by atoms with van der Waals surface area (Å²) in [6.45, 7) is 6.69. The van der Waals surface area contributed by atoms with E-state index in [0.717, 1.165) is 31.5 Å². The van der Waals surface area contributed by atoms with Crippen LogP contribution in [0.15, 0.2) is 54.9 Å². The molecule has 0 aliphatic carbocycles. The fraction of sp³-hybridized carbons (Fsp3) is 0.357. The largest absolute Gasteiger partial charge is 0.349 e. The van der Waals surface area contributed by atoms with Crippen LogP contribution >= 0.6 is 0 Å². The number of imidazole rings is 1. The summed E-state index contributed by atoms with van der Waals surface area (Å²) in [4.78, 5) is 47.3. The molecule has 1 fully saturated rings. The number of aromatic amines is 1. The van der Waals surface area contributed by atoms with Gasteiger partial charge in [-0.15, -0.1) is 0 Å². The number of nitrogens with one attached hydrogen (secondary N) is 3. The molecule has 194 valence electrons. The highest BCUT2D eigenvalue weighted by Gasteiger charge is 2.29. The van der Waals surface area contributed by atoms with Gasteiger partial charge in [0.15, 0.2) is 11.5 Å². The van der Waals surface area contributed by atoms with Crippen molar-refractivity contribution in [1.29, 1.82) is 0 Å². The lowest BCUT2D eigenvalue weighted by atomic mass is 9.98. The lowest BCUT2D eigenvalue weighted by Crippen LogP contribution is -2.53. The normalized spacial score (nSPS) is 14.2. The standard InChI is InChI=1S/C28H32FN5O3/c1-28(2,34-14-4-3-5-15-34)17-30-26(36)24-25(32-18-31-24)27(37)33-22-12-6-19(7-13-22)16-23(35)20-8-10-21(29)11-9-20/h6-13,18H,3-5,14-17H2,1-2H3,(H,30,36)(H,31,32)(H,33,37). The molecular formula is C28H32FN5O3. The van der Waals surface area contributed by atoms with Crippen molar-refractivity contribution >= 4 is 23.3 Å². The summed E-state index contributed by atoms with van der Waals surface area (Å²) in [6, 6.07) is 12.3. The van der Waals surface area contributed by atoms with Gasteiger partial charge in [0.05, 0.1) is 6.33 Å². The number of H-pyrrole nitrogens is 1. The van der Waals surface area contributed by atoms with Gasteiger partial charge >= 0.3 is 0 Å². The molecule has 0 spiro atoms. The topological polar surface area (TPSA) is 107 Å². The number of carbonyl (C=O) groups is 3. The molecule has 1 aromatic heterocycles. The zero-order chi connectivity index (χ0) is 26.4. The molecule has 2 aromatic carbocycles. The van der Waals surface area contributed by atoms with Gasteiger partial charge in [-0.3, -0.25) is 19.3 Å². The van der Waals surface area contributed by atoms with Crippen molar-refractivity contribution in [3.8, 4) is 0 Å². The van der Waals surface area contributed by atoms with Crippen molar-refractivity contribution in [2.24, 2.45) is 0 Å². The predicted octanol–water partition coefficient (Wildman–Crippen LogP) is 4.22. The predicted molar refractivity (Wildman–Crippen MR) is 139 cm³/mol. The number of nitrogens with zero attached hydrogens (tertiary/aromatic N) is 2. The van der Waals surface area contributed by atoms with Gasteiger partial charge in [-0.05, 0) is 81.7 Å². The van der Waals surface area contributed by atoms with E-state index in [2.05, 4.69) is 39.3 Å². The molecule has 9 heteroatoms. The quantitative estimate of drug-likeness (QED) is 0.378. The average molecular weight is 506 g/mol. The smallest absolute Gasteiger partial charge is 0.276 e. The molecule has 0 atom stereocenters. The first-order chi connectivity index (χ1) is 17.7. The maximum atomic E-state index is 13.1. The SMILES string of the molecule is CC(C)(CNC(=O)c1[nH]cnc1C(=O)Nc1ccc(CC(=O)c2ccc(F)cc2)cc1)N1CCCCC1. The van der Waals surface area contributed by atoms with E-state index in [0.29, 0.717) is 17.8 Å². The fourth-order valence-corrected chi connectivity index (χ4v) is 4.46. The summed E-state index contributed by atoms with van der Waals surface area (Å²) in [5.41, 5.74) is 1.60. The second kappa shape index (κ2) is 11.5. The fourth-order valence-electron chi connectivity index (χ4n) is 4.46. The molecular weight excluding hydrogens is 473 g/mol. The minimum atomic E-state index is -0.517. The molecule has 2 heterocycles. The van der Waals surface area contributed by atoms with E-state index in [9.17, 15) is 18.8 Å². The van der Waals surface area contributed by atoms with E-state index in [1.807, 2.05) is 0 Å². The van der Waals surface area contributed by atoms with Crippen molar-refractivity contribution in [3.63, 3.8) is 0 Å². The van der Waals surface area contributed by atoms with Crippen LogP contribution in [0.5, 0.6) is 0 Å². The zero-order valence-corrected chi connectivity index (χ0v) is 21.1. The second-order valence-electron chi connectivity index (χ2n) is 9.93. The third-order valence-corrected chi connectivity index (χ3v) is 6.72. The lowest BCUT2D eigenvalue weighted by Gasteiger charge is -2.41. The van der Waals surface area contributed by atoms with E-state index in [-0.39, 0.29) is 35.0 Å². The van der Waals surface area contributed by atoms with Crippen molar-refractivity contribution in [2.75, 3.05) is 25.0 Å². The number of aromatic nitrogens is 2. The first-order valence-electron chi connectivity index (χ1n) is 12.5. The van der Waals surface area contributed by atoms with Gasteiger partial charge in [0.25, 0.3) is 11.8 Å². The maximum absolute atomic E-state index is 13.1. The van der Waals surface area contributed by atoms with E-state index < -0.39 is 11.7 Å². The highest BCUT2D eigenvalue weighted by molar-refractivity contribution is 6.10. The van der Waals surface area contributed by atoms with Crippen molar-refractivity contribution in [2.45, 2.75) is 45.1 Å². The van der Waals surface area contributed by atoms with Crippen molar-refractivity contribution in [3.05, 3.63) is 83.2 Å². The number of hydrogen-bond donors (Lipinski definition) is 3. The summed E-state index contributed by atoms with van der Waals surface area (Å²) < 4.78 is 13.1. The Morgan fingerprint density at radius 1 is 0.973 bits per heavy atom. The second-order valence-corrected chi connectivity index (χ2v) is 9.93. The van der Waals surface area contributed by atoms with Gasteiger partial charge in [-0.2, -0.15) is 0 Å². The monoisotopic (exact) mass is 505 g/mol. The van der Waals surface area contributed by atoms with Crippen molar-refractivity contribution < 1.29 is 18.8 Å². The number of Topliss-reactive ketones (excluding diaryl/α,β-unsaturated/α-hetero) is 1. The molecule has 37 heavy (non-hydrogen) atoms.